The second kappa shape index (κ2) is 4.83. The van der Waals surface area contributed by atoms with Crippen LogP contribution in [0.4, 0.5) is 8.78 Å². The highest BCUT2D eigenvalue weighted by atomic mass is 19.3. The Labute approximate surface area is 103 Å². The van der Waals surface area contributed by atoms with Gasteiger partial charge >= 0.3 is 0 Å². The number of hydrogen-bond acceptors (Lipinski definition) is 1. The summed E-state index contributed by atoms with van der Waals surface area (Å²) >= 11 is 0. The molecule has 0 spiro atoms. The molecule has 0 aromatic rings. The quantitative estimate of drug-likeness (QED) is 0.801. The van der Waals surface area contributed by atoms with E-state index in [4.69, 9.17) is 0 Å². The average molecular weight is 246 g/mol. The lowest BCUT2D eigenvalue weighted by molar-refractivity contribution is -0.0329. The lowest BCUT2D eigenvalue weighted by Gasteiger charge is -2.45. The highest BCUT2D eigenvalue weighted by Gasteiger charge is 2.52. The number of fused-ring (bicyclic) bond motifs is 1. The van der Waals surface area contributed by atoms with Crippen molar-refractivity contribution in [3.8, 4) is 0 Å². The summed E-state index contributed by atoms with van der Waals surface area (Å²) in [5.74, 6) is 0.799. The second-order valence-electron chi connectivity index (χ2n) is 6.36. The predicted molar refractivity (Wildman–Crippen MR) is 64.0 cm³/mol. The maximum absolute atomic E-state index is 12.5. The molecule has 2 aliphatic rings. The molecule has 2 fully saturated rings. The van der Waals surface area contributed by atoms with Gasteiger partial charge in [-0.15, -0.1) is 0 Å². The van der Waals surface area contributed by atoms with Gasteiger partial charge in [-0.05, 0) is 48.9 Å². The summed E-state index contributed by atoms with van der Waals surface area (Å²) in [6, 6.07) is 0. The third kappa shape index (κ3) is 2.35. The van der Waals surface area contributed by atoms with Gasteiger partial charge in [0.2, 0.25) is 6.43 Å². The Bertz CT molecular complexity index is 269. The predicted octanol–water partition coefficient (Wildman–Crippen LogP) is 3.86. The molecule has 0 radical (unpaired) electrons. The van der Waals surface area contributed by atoms with Gasteiger partial charge in [0.05, 0.1) is 6.10 Å². The van der Waals surface area contributed by atoms with Crippen molar-refractivity contribution in [2.24, 2.45) is 23.2 Å². The third-order valence-corrected chi connectivity index (χ3v) is 5.40. The van der Waals surface area contributed by atoms with Gasteiger partial charge in [0, 0.05) is 6.42 Å². The summed E-state index contributed by atoms with van der Waals surface area (Å²) in [6.45, 7) is 4.19. The largest absolute Gasteiger partial charge is 0.393 e. The summed E-state index contributed by atoms with van der Waals surface area (Å²) in [6.07, 6.45) is 2.72. The molecule has 2 rings (SSSR count). The fourth-order valence-electron chi connectivity index (χ4n) is 4.57. The van der Waals surface area contributed by atoms with Crippen molar-refractivity contribution in [1.29, 1.82) is 0 Å². The van der Waals surface area contributed by atoms with Gasteiger partial charge in [0.15, 0.2) is 0 Å². The molecule has 1 nitrogen and oxygen atoms in total. The Hall–Kier alpha value is -0.180. The average Bonchev–Trinajstić information content (AvgIpc) is 2.55. The van der Waals surface area contributed by atoms with Crippen LogP contribution in [0.5, 0.6) is 0 Å². The van der Waals surface area contributed by atoms with E-state index in [1.165, 1.54) is 0 Å². The molecule has 1 N–H and O–H groups in total. The Morgan fingerprint density at radius 3 is 2.65 bits per heavy atom. The summed E-state index contributed by atoms with van der Waals surface area (Å²) < 4.78 is 25.0. The first-order valence-electron chi connectivity index (χ1n) is 6.91. The number of aliphatic hydroxyl groups excluding tert-OH is 1. The number of halogens is 2. The number of aliphatic hydroxyl groups is 1. The molecule has 0 amide bonds. The Kier molecular flexibility index (Phi) is 3.77. The van der Waals surface area contributed by atoms with Gasteiger partial charge in [0.25, 0.3) is 0 Å². The van der Waals surface area contributed by atoms with E-state index in [2.05, 4.69) is 6.92 Å². The van der Waals surface area contributed by atoms with Crippen molar-refractivity contribution in [2.45, 2.75) is 64.9 Å². The van der Waals surface area contributed by atoms with E-state index in [1.807, 2.05) is 6.92 Å². The molecule has 100 valence electrons. The van der Waals surface area contributed by atoms with Crippen molar-refractivity contribution in [3.05, 3.63) is 0 Å². The number of rotatable bonds is 3. The molecule has 0 aliphatic heterocycles. The van der Waals surface area contributed by atoms with Gasteiger partial charge in [-0.1, -0.05) is 20.3 Å². The normalized spacial score (nSPS) is 43.8. The molecule has 0 aromatic heterocycles. The summed E-state index contributed by atoms with van der Waals surface area (Å²) in [5, 5.41) is 10.1. The van der Waals surface area contributed by atoms with Crippen LogP contribution in [0.15, 0.2) is 0 Å². The zero-order valence-electron chi connectivity index (χ0n) is 10.8. The van der Waals surface area contributed by atoms with Crippen LogP contribution in [0.1, 0.15) is 52.4 Å². The molecule has 0 saturated heterocycles. The highest BCUT2D eigenvalue weighted by molar-refractivity contribution is 5.01. The van der Waals surface area contributed by atoms with Crippen molar-refractivity contribution in [1.82, 2.24) is 0 Å². The van der Waals surface area contributed by atoms with Crippen molar-refractivity contribution >= 4 is 0 Å². The molecule has 0 bridgehead atoms. The fourth-order valence-corrected chi connectivity index (χ4v) is 4.57. The fraction of sp³-hybridized carbons (Fsp3) is 1.00. The maximum atomic E-state index is 12.5. The van der Waals surface area contributed by atoms with Crippen molar-refractivity contribution in [2.75, 3.05) is 0 Å². The van der Waals surface area contributed by atoms with Gasteiger partial charge in [-0.3, -0.25) is 0 Å². The Morgan fingerprint density at radius 1 is 1.29 bits per heavy atom. The van der Waals surface area contributed by atoms with E-state index in [0.717, 1.165) is 32.1 Å². The van der Waals surface area contributed by atoms with Crippen LogP contribution in [0.25, 0.3) is 0 Å². The van der Waals surface area contributed by atoms with Crippen LogP contribution in [0, 0.1) is 23.2 Å². The smallest absolute Gasteiger partial charge is 0.238 e. The van der Waals surface area contributed by atoms with Gasteiger partial charge in [-0.25, -0.2) is 8.78 Å². The van der Waals surface area contributed by atoms with E-state index in [1.54, 1.807) is 0 Å². The highest BCUT2D eigenvalue weighted by Crippen LogP contribution is 2.58. The van der Waals surface area contributed by atoms with Gasteiger partial charge in [-0.2, -0.15) is 0 Å². The van der Waals surface area contributed by atoms with Crippen LogP contribution in [0.3, 0.4) is 0 Å². The number of alkyl halides is 2. The molecule has 2 saturated carbocycles. The second-order valence-corrected chi connectivity index (χ2v) is 6.36. The topological polar surface area (TPSA) is 20.2 Å². The van der Waals surface area contributed by atoms with E-state index in [0.29, 0.717) is 11.8 Å². The van der Waals surface area contributed by atoms with Crippen LogP contribution in [-0.2, 0) is 0 Å². The molecular formula is C14H24F2O. The molecule has 0 aromatic carbocycles. The maximum Gasteiger partial charge on any atom is 0.238 e. The van der Waals surface area contributed by atoms with Gasteiger partial charge < -0.3 is 5.11 Å². The SMILES string of the molecule is C[C@H](CC(F)F)[C@H]1CC[C@H]2[C@@H](O)CCC[C@]12C. The van der Waals surface area contributed by atoms with E-state index >= 15 is 0 Å². The first-order valence-corrected chi connectivity index (χ1v) is 6.91. The summed E-state index contributed by atoms with van der Waals surface area (Å²) in [4.78, 5) is 0. The third-order valence-electron chi connectivity index (χ3n) is 5.40. The van der Waals surface area contributed by atoms with Crippen LogP contribution < -0.4 is 0 Å². The zero-order chi connectivity index (χ0) is 12.6. The standard InChI is InChI=1S/C14H24F2O/c1-9(8-13(15)16)10-5-6-11-12(17)4-3-7-14(10,11)2/h9-13,17H,3-8H2,1-2H3/t9-,10-,11+,12+,14-/m1/s1. The van der Waals surface area contributed by atoms with E-state index in [9.17, 15) is 13.9 Å². The van der Waals surface area contributed by atoms with Crippen molar-refractivity contribution in [3.63, 3.8) is 0 Å². The minimum atomic E-state index is -2.19. The zero-order valence-corrected chi connectivity index (χ0v) is 10.8. The molecule has 0 unspecified atom stereocenters. The minimum absolute atomic E-state index is 0.0169. The van der Waals surface area contributed by atoms with Crippen molar-refractivity contribution < 1.29 is 13.9 Å². The summed E-state index contributed by atoms with van der Waals surface area (Å²) in [5.41, 5.74) is 0.103. The molecule has 5 atom stereocenters. The first kappa shape index (κ1) is 13.3. The van der Waals surface area contributed by atoms with E-state index < -0.39 is 6.43 Å². The molecule has 17 heavy (non-hydrogen) atoms. The number of hydrogen-bond donors (Lipinski definition) is 1. The van der Waals surface area contributed by atoms with E-state index in [-0.39, 0.29) is 23.9 Å². The lowest BCUT2D eigenvalue weighted by Crippen LogP contribution is -2.41. The van der Waals surface area contributed by atoms with Crippen LogP contribution >= 0.6 is 0 Å². The molecule has 3 heteroatoms. The van der Waals surface area contributed by atoms with Crippen LogP contribution in [-0.4, -0.2) is 17.6 Å². The lowest BCUT2D eigenvalue weighted by atomic mass is 9.61. The molecule has 2 aliphatic carbocycles. The Balaban J connectivity index is 2.09. The monoisotopic (exact) mass is 246 g/mol. The molecule has 0 heterocycles. The summed E-state index contributed by atoms with van der Waals surface area (Å²) in [7, 11) is 0. The first-order chi connectivity index (χ1) is 7.95. The van der Waals surface area contributed by atoms with Crippen LogP contribution in [0.2, 0.25) is 0 Å². The Morgan fingerprint density at radius 2 is 2.00 bits per heavy atom. The minimum Gasteiger partial charge on any atom is -0.393 e. The van der Waals surface area contributed by atoms with Gasteiger partial charge in [0.1, 0.15) is 0 Å². The molecular weight excluding hydrogens is 222 g/mol.